The van der Waals surface area contributed by atoms with Crippen molar-refractivity contribution in [3.8, 4) is 17.0 Å². The number of aromatic amines is 1. The maximum absolute atomic E-state index is 13.7. The Morgan fingerprint density at radius 1 is 1.12 bits per heavy atom. The summed E-state index contributed by atoms with van der Waals surface area (Å²) in [6, 6.07) is 8.00. The van der Waals surface area contributed by atoms with Crippen LogP contribution in [0.4, 0.5) is 0 Å². The summed E-state index contributed by atoms with van der Waals surface area (Å²) in [6.07, 6.45) is 6.04. The van der Waals surface area contributed by atoms with Gasteiger partial charge in [0.15, 0.2) is 5.50 Å². The minimum atomic E-state index is -0.0897. The number of aromatic nitrogens is 2. The number of carbonyl (C=O) groups is 1. The normalized spacial score (nSPS) is 23.8. The van der Waals surface area contributed by atoms with Crippen LogP contribution < -0.4 is 10.1 Å². The fourth-order valence-corrected chi connectivity index (χ4v) is 6.43. The first-order valence-electron chi connectivity index (χ1n) is 11.6. The average molecular weight is 453 g/mol. The summed E-state index contributed by atoms with van der Waals surface area (Å²) in [5, 5.41) is 13.6. The summed E-state index contributed by atoms with van der Waals surface area (Å²) in [6.45, 7) is 6.61. The van der Waals surface area contributed by atoms with Crippen LogP contribution in [0.15, 0.2) is 35.4 Å². The van der Waals surface area contributed by atoms with Crippen molar-refractivity contribution in [2.24, 2.45) is 11.3 Å². The second kappa shape index (κ2) is 8.18. The highest BCUT2D eigenvalue weighted by Crippen LogP contribution is 2.50. The molecule has 32 heavy (non-hydrogen) atoms. The number of rotatable bonds is 4. The lowest BCUT2D eigenvalue weighted by atomic mass is 9.80. The van der Waals surface area contributed by atoms with Gasteiger partial charge in [-0.25, -0.2) is 0 Å². The van der Waals surface area contributed by atoms with Gasteiger partial charge in [0.1, 0.15) is 11.4 Å². The number of fused-ring (bicyclic) bond motifs is 1. The van der Waals surface area contributed by atoms with Crippen molar-refractivity contribution in [1.82, 2.24) is 20.4 Å². The van der Waals surface area contributed by atoms with E-state index in [0.29, 0.717) is 11.6 Å². The molecule has 2 unspecified atom stereocenters. The smallest absolute Gasteiger partial charge is 0.275 e. The van der Waals surface area contributed by atoms with Gasteiger partial charge in [-0.05, 0) is 48.4 Å². The van der Waals surface area contributed by atoms with Gasteiger partial charge in [0.05, 0.1) is 18.8 Å². The van der Waals surface area contributed by atoms with Crippen LogP contribution in [0, 0.1) is 11.3 Å². The summed E-state index contributed by atoms with van der Waals surface area (Å²) in [7, 11) is 1.67. The van der Waals surface area contributed by atoms with Crippen LogP contribution in [0.1, 0.15) is 75.0 Å². The van der Waals surface area contributed by atoms with Gasteiger partial charge in [-0.15, -0.1) is 0 Å². The largest absolute Gasteiger partial charge is 0.497 e. The molecular weight excluding hydrogens is 420 g/mol. The maximum Gasteiger partial charge on any atom is 0.275 e. The number of ether oxygens (including phenoxy) is 1. The van der Waals surface area contributed by atoms with Crippen LogP contribution in [0.25, 0.3) is 11.3 Å². The van der Waals surface area contributed by atoms with E-state index in [1.807, 2.05) is 24.3 Å². The van der Waals surface area contributed by atoms with Crippen molar-refractivity contribution in [3.63, 3.8) is 0 Å². The van der Waals surface area contributed by atoms with Crippen molar-refractivity contribution in [2.75, 3.05) is 7.11 Å². The van der Waals surface area contributed by atoms with E-state index in [-0.39, 0.29) is 22.9 Å². The molecule has 0 spiro atoms. The van der Waals surface area contributed by atoms with E-state index >= 15 is 0 Å². The van der Waals surface area contributed by atoms with Crippen molar-refractivity contribution in [2.45, 2.75) is 64.4 Å². The first-order chi connectivity index (χ1) is 15.4. The van der Waals surface area contributed by atoms with Crippen LogP contribution in [0.3, 0.4) is 0 Å². The van der Waals surface area contributed by atoms with Gasteiger partial charge in [-0.3, -0.25) is 9.89 Å². The molecule has 7 heteroatoms. The van der Waals surface area contributed by atoms with E-state index in [1.165, 1.54) is 25.0 Å². The lowest BCUT2D eigenvalue weighted by molar-refractivity contribution is 0.0575. The molecule has 1 amide bonds. The third-order valence-corrected chi connectivity index (χ3v) is 7.94. The topological polar surface area (TPSA) is 70.2 Å². The second-order valence-electron chi connectivity index (χ2n) is 10.1. The highest BCUT2D eigenvalue weighted by molar-refractivity contribution is 8.02. The lowest BCUT2D eigenvalue weighted by Gasteiger charge is -2.38. The minimum Gasteiger partial charge on any atom is -0.497 e. The van der Waals surface area contributed by atoms with Crippen LogP contribution in [-0.4, -0.2) is 33.6 Å². The van der Waals surface area contributed by atoms with Gasteiger partial charge in [0.25, 0.3) is 5.91 Å². The molecule has 0 bridgehead atoms. The Morgan fingerprint density at radius 3 is 2.47 bits per heavy atom. The number of hydrogen-bond acceptors (Lipinski definition) is 5. The Kier molecular flexibility index (Phi) is 5.48. The lowest BCUT2D eigenvalue weighted by Crippen LogP contribution is -2.46. The molecule has 0 radical (unpaired) electrons. The van der Waals surface area contributed by atoms with Crippen molar-refractivity contribution >= 4 is 17.7 Å². The molecule has 3 aliphatic rings. The molecule has 1 aromatic heterocycles. The third-order valence-electron chi connectivity index (χ3n) is 6.96. The molecule has 2 aromatic rings. The molecule has 0 saturated heterocycles. The predicted molar refractivity (Wildman–Crippen MR) is 128 cm³/mol. The van der Waals surface area contributed by atoms with E-state index in [4.69, 9.17) is 4.74 Å². The Labute approximate surface area is 194 Å². The minimum absolute atomic E-state index is 0.0228. The van der Waals surface area contributed by atoms with Crippen molar-refractivity contribution < 1.29 is 9.53 Å². The van der Waals surface area contributed by atoms with Crippen LogP contribution in [-0.2, 0) is 0 Å². The van der Waals surface area contributed by atoms with Crippen LogP contribution in [0.5, 0.6) is 5.75 Å². The Hall–Kier alpha value is -2.41. The first-order valence-corrected chi connectivity index (χ1v) is 12.5. The number of H-pyrrole nitrogens is 1. The van der Waals surface area contributed by atoms with E-state index in [0.717, 1.165) is 35.4 Å². The summed E-state index contributed by atoms with van der Waals surface area (Å²) in [4.78, 5) is 15.8. The zero-order valence-electron chi connectivity index (χ0n) is 19.3. The summed E-state index contributed by atoms with van der Waals surface area (Å²) in [5.41, 5.74) is 4.74. The number of amides is 1. The fraction of sp³-hybridized carbons (Fsp3) is 0.520. The van der Waals surface area contributed by atoms with E-state index in [2.05, 4.69) is 46.6 Å². The Bertz CT molecular complexity index is 1030. The molecule has 170 valence electrons. The van der Waals surface area contributed by atoms with Gasteiger partial charge < -0.3 is 15.0 Å². The average Bonchev–Trinajstić information content (AvgIpc) is 3.50. The molecule has 6 nitrogen and oxygen atoms in total. The maximum atomic E-state index is 13.7. The summed E-state index contributed by atoms with van der Waals surface area (Å²) < 4.78 is 5.33. The monoisotopic (exact) mass is 452 g/mol. The standard InChI is InChI=1S/C25H32N4O2S/c1-25(2,3)18-14-32-24(26-18)29-22(16-8-6-5-7-9-16)19-20(27-28-21(19)23(29)30)15-10-12-17(31-4)13-11-15/h10-14,16,22,24,26H,5-9H2,1-4H3,(H,27,28). The van der Waals surface area contributed by atoms with Crippen LogP contribution in [0.2, 0.25) is 0 Å². The van der Waals surface area contributed by atoms with Gasteiger partial charge in [0.2, 0.25) is 0 Å². The molecule has 1 aliphatic carbocycles. The number of benzene rings is 1. The van der Waals surface area contributed by atoms with E-state index in [1.54, 1.807) is 18.9 Å². The third kappa shape index (κ3) is 3.60. The molecule has 2 aliphatic heterocycles. The summed E-state index contributed by atoms with van der Waals surface area (Å²) in [5.74, 6) is 1.32. The zero-order chi connectivity index (χ0) is 22.5. The molecule has 3 heterocycles. The molecule has 2 atom stereocenters. The van der Waals surface area contributed by atoms with Crippen LogP contribution >= 0.6 is 11.8 Å². The van der Waals surface area contributed by atoms with Gasteiger partial charge >= 0.3 is 0 Å². The highest BCUT2D eigenvalue weighted by atomic mass is 32.2. The molecule has 1 aromatic carbocycles. The Morgan fingerprint density at radius 2 is 1.84 bits per heavy atom. The van der Waals surface area contributed by atoms with Gasteiger partial charge in [-0.1, -0.05) is 51.8 Å². The Balaban J connectivity index is 1.53. The van der Waals surface area contributed by atoms with Crippen molar-refractivity contribution in [1.29, 1.82) is 0 Å². The number of methoxy groups -OCH3 is 1. The first kappa shape index (κ1) is 21.4. The number of allylic oxidation sites excluding steroid dienone is 1. The quantitative estimate of drug-likeness (QED) is 0.625. The van der Waals surface area contributed by atoms with E-state index < -0.39 is 0 Å². The van der Waals surface area contributed by atoms with Gasteiger partial charge in [-0.2, -0.15) is 5.10 Å². The predicted octanol–water partition coefficient (Wildman–Crippen LogP) is 5.67. The number of carbonyl (C=O) groups excluding carboxylic acids is 1. The molecule has 2 N–H and O–H groups in total. The molecular formula is C25H32N4O2S. The van der Waals surface area contributed by atoms with E-state index in [9.17, 15) is 4.79 Å². The number of nitrogens with one attached hydrogen (secondary N) is 2. The van der Waals surface area contributed by atoms with Crippen molar-refractivity contribution in [3.05, 3.63) is 46.6 Å². The fourth-order valence-electron chi connectivity index (χ4n) is 5.19. The number of thioether (sulfide) groups is 1. The molecule has 5 rings (SSSR count). The highest BCUT2D eigenvalue weighted by Gasteiger charge is 2.49. The molecule has 1 saturated carbocycles. The number of hydrogen-bond donors (Lipinski definition) is 2. The second-order valence-corrected chi connectivity index (χ2v) is 11.0. The van der Waals surface area contributed by atoms with Gasteiger partial charge in [0, 0.05) is 22.2 Å². The number of nitrogens with zero attached hydrogens (tertiary/aromatic N) is 2. The zero-order valence-corrected chi connectivity index (χ0v) is 20.1. The SMILES string of the molecule is COc1ccc(-c2n[nH]c3c2C(C2CCCCC2)N(C2NC(C(C)(C)C)=CS2)C3=O)cc1. The molecule has 1 fully saturated rings. The summed E-state index contributed by atoms with van der Waals surface area (Å²) >= 11 is 1.71.